The van der Waals surface area contributed by atoms with Gasteiger partial charge in [-0.3, -0.25) is 4.90 Å². The van der Waals surface area contributed by atoms with Crippen molar-refractivity contribution >= 4 is 17.6 Å². The van der Waals surface area contributed by atoms with Gasteiger partial charge in [-0.15, -0.1) is 0 Å². The molecule has 2 fully saturated rings. The van der Waals surface area contributed by atoms with E-state index in [2.05, 4.69) is 16.3 Å². The van der Waals surface area contributed by atoms with E-state index in [1.54, 1.807) is 4.90 Å². The lowest BCUT2D eigenvalue weighted by molar-refractivity contribution is 0.0600. The summed E-state index contributed by atoms with van der Waals surface area (Å²) < 4.78 is 1.86. The fraction of sp³-hybridized carbons (Fsp3) is 0.650. The van der Waals surface area contributed by atoms with Gasteiger partial charge in [0.15, 0.2) is 5.65 Å². The Morgan fingerprint density at radius 1 is 1.32 bits per heavy atom. The van der Waals surface area contributed by atoms with E-state index in [1.165, 1.54) is 12.8 Å². The minimum absolute atomic E-state index is 0.0122. The largest absolute Gasteiger partial charge is 0.465 e. The van der Waals surface area contributed by atoms with Gasteiger partial charge in [0.25, 0.3) is 0 Å². The number of piperidine rings is 1. The van der Waals surface area contributed by atoms with Crippen molar-refractivity contribution in [1.82, 2.24) is 24.8 Å². The molecule has 8 nitrogen and oxygen atoms in total. The Balaban J connectivity index is 1.53. The summed E-state index contributed by atoms with van der Waals surface area (Å²) in [6.07, 6.45) is 4.73. The molecule has 1 amide bonds. The molecule has 4 rings (SSSR count). The molecule has 4 heterocycles. The van der Waals surface area contributed by atoms with Crippen LogP contribution in [0.4, 0.5) is 10.6 Å². The van der Waals surface area contributed by atoms with Crippen LogP contribution < -0.4 is 10.2 Å². The highest BCUT2D eigenvalue weighted by molar-refractivity contribution is 5.67. The molecule has 0 spiro atoms. The Morgan fingerprint density at radius 3 is 2.68 bits per heavy atom. The number of amides is 1. The molecule has 0 saturated carbocycles. The molecule has 2 aliphatic rings. The van der Waals surface area contributed by atoms with Crippen LogP contribution in [0.5, 0.6) is 0 Å². The zero-order valence-corrected chi connectivity index (χ0v) is 17.1. The van der Waals surface area contributed by atoms with Gasteiger partial charge in [-0.25, -0.2) is 14.3 Å². The minimum Gasteiger partial charge on any atom is -0.465 e. The summed E-state index contributed by atoms with van der Waals surface area (Å²) in [5.41, 5.74) is 2.53. The molecule has 1 atom stereocenters. The fourth-order valence-electron chi connectivity index (χ4n) is 4.40. The summed E-state index contributed by atoms with van der Waals surface area (Å²) in [6, 6.07) is 2.37. The van der Waals surface area contributed by atoms with Crippen molar-refractivity contribution in [3.63, 3.8) is 0 Å². The first-order valence-corrected chi connectivity index (χ1v) is 10.1. The molecule has 0 aliphatic carbocycles. The van der Waals surface area contributed by atoms with E-state index in [0.29, 0.717) is 19.1 Å². The highest BCUT2D eigenvalue weighted by atomic mass is 16.4. The molecule has 2 aromatic heterocycles. The molecule has 0 aromatic carbocycles. The van der Waals surface area contributed by atoms with Gasteiger partial charge < -0.3 is 15.3 Å². The van der Waals surface area contributed by atoms with Crippen molar-refractivity contribution in [2.75, 3.05) is 24.5 Å². The van der Waals surface area contributed by atoms with Gasteiger partial charge in [0.2, 0.25) is 0 Å². The van der Waals surface area contributed by atoms with Crippen LogP contribution in [0.15, 0.2) is 12.3 Å². The zero-order chi connectivity index (χ0) is 20.1. The predicted molar refractivity (Wildman–Crippen MR) is 108 cm³/mol. The van der Waals surface area contributed by atoms with E-state index in [9.17, 15) is 9.90 Å². The van der Waals surface area contributed by atoms with Crippen molar-refractivity contribution in [1.29, 1.82) is 0 Å². The van der Waals surface area contributed by atoms with Gasteiger partial charge in [-0.1, -0.05) is 6.42 Å². The molecular weight excluding hydrogens is 356 g/mol. The summed E-state index contributed by atoms with van der Waals surface area (Å²) in [5, 5.41) is 17.9. The highest BCUT2D eigenvalue weighted by Gasteiger charge is 2.41. The lowest BCUT2D eigenvalue weighted by atomic mass is 9.98. The Kier molecular flexibility index (Phi) is 4.69. The third-order valence-corrected chi connectivity index (χ3v) is 5.75. The molecule has 152 valence electrons. The Hall–Kier alpha value is -2.35. The number of carboxylic acid groups (broad SMARTS) is 1. The van der Waals surface area contributed by atoms with Crippen molar-refractivity contribution in [2.45, 2.75) is 64.6 Å². The molecule has 0 radical (unpaired) electrons. The fourth-order valence-corrected chi connectivity index (χ4v) is 4.40. The average molecular weight is 387 g/mol. The highest BCUT2D eigenvalue weighted by Crippen LogP contribution is 2.30. The summed E-state index contributed by atoms with van der Waals surface area (Å²) in [6.45, 7) is 10.2. The number of nitrogens with zero attached hydrogens (tertiary/aromatic N) is 5. The monoisotopic (exact) mass is 386 g/mol. The SMILES string of the molecule is Cc1cn2nc(C3CCCCN3)cc2nc1N1CC(N(C(=O)O)C(C)(C)C)C1. The van der Waals surface area contributed by atoms with Crippen LogP contribution in [-0.2, 0) is 0 Å². The Bertz CT molecular complexity index is 875. The molecule has 0 bridgehead atoms. The average Bonchev–Trinajstić information content (AvgIpc) is 2.99. The third kappa shape index (κ3) is 3.41. The predicted octanol–water partition coefficient (Wildman–Crippen LogP) is 2.82. The summed E-state index contributed by atoms with van der Waals surface area (Å²) in [5.74, 6) is 0.922. The van der Waals surface area contributed by atoms with Gasteiger partial charge in [0, 0.05) is 36.5 Å². The second-order valence-corrected chi connectivity index (χ2v) is 9.00. The first-order chi connectivity index (χ1) is 13.2. The normalized spacial score (nSPS) is 21.0. The van der Waals surface area contributed by atoms with Crippen LogP contribution in [0.2, 0.25) is 0 Å². The standard InChI is InChI=1S/C20H30N6O2/c1-13-10-25-17(9-16(23-25)15-7-5-6-8-21-15)22-18(13)24-11-14(12-24)26(19(27)28)20(2,3)4/h9-10,14-15,21H,5-8,11-12H2,1-4H3,(H,27,28). The van der Waals surface area contributed by atoms with Crippen LogP contribution in [-0.4, -0.2) is 61.9 Å². The van der Waals surface area contributed by atoms with Gasteiger partial charge >= 0.3 is 6.09 Å². The molecule has 2 aromatic rings. The van der Waals surface area contributed by atoms with Crippen LogP contribution in [0.25, 0.3) is 5.65 Å². The van der Waals surface area contributed by atoms with E-state index in [-0.39, 0.29) is 6.04 Å². The third-order valence-electron chi connectivity index (χ3n) is 5.75. The number of carbonyl (C=O) groups is 1. The molecule has 8 heteroatoms. The van der Waals surface area contributed by atoms with Crippen molar-refractivity contribution in [2.24, 2.45) is 0 Å². The molecule has 2 saturated heterocycles. The number of hydrogen-bond donors (Lipinski definition) is 2. The molecule has 2 N–H and O–H groups in total. The number of nitrogens with one attached hydrogen (secondary N) is 1. The van der Waals surface area contributed by atoms with E-state index >= 15 is 0 Å². The minimum atomic E-state index is -0.863. The maximum absolute atomic E-state index is 11.7. The van der Waals surface area contributed by atoms with Gasteiger partial charge in [0.1, 0.15) is 5.82 Å². The van der Waals surface area contributed by atoms with Crippen molar-refractivity contribution in [3.8, 4) is 0 Å². The number of aryl methyl sites for hydroxylation is 1. The summed E-state index contributed by atoms with van der Waals surface area (Å²) in [7, 11) is 0. The smallest absolute Gasteiger partial charge is 0.408 e. The number of rotatable bonds is 3. The van der Waals surface area contributed by atoms with Crippen molar-refractivity contribution < 1.29 is 9.90 Å². The lowest BCUT2D eigenvalue weighted by Gasteiger charge is -2.49. The Morgan fingerprint density at radius 2 is 2.07 bits per heavy atom. The first-order valence-electron chi connectivity index (χ1n) is 10.1. The second kappa shape index (κ2) is 6.92. The van der Waals surface area contributed by atoms with E-state index in [0.717, 1.165) is 35.7 Å². The number of fused-ring (bicyclic) bond motifs is 1. The maximum Gasteiger partial charge on any atom is 0.408 e. The van der Waals surface area contributed by atoms with Crippen LogP contribution >= 0.6 is 0 Å². The Labute approximate surface area is 165 Å². The first kappa shape index (κ1) is 19.0. The number of hydrogen-bond acceptors (Lipinski definition) is 5. The van der Waals surface area contributed by atoms with Crippen LogP contribution in [0, 0.1) is 6.92 Å². The van der Waals surface area contributed by atoms with Crippen LogP contribution in [0.3, 0.4) is 0 Å². The molecule has 28 heavy (non-hydrogen) atoms. The van der Waals surface area contributed by atoms with Crippen LogP contribution in [0.1, 0.15) is 57.3 Å². The summed E-state index contributed by atoms with van der Waals surface area (Å²) >= 11 is 0. The second-order valence-electron chi connectivity index (χ2n) is 9.00. The van der Waals surface area contributed by atoms with E-state index < -0.39 is 11.6 Å². The number of anilines is 1. The quantitative estimate of drug-likeness (QED) is 0.844. The molecular formula is C20H30N6O2. The van der Waals surface area contributed by atoms with E-state index in [4.69, 9.17) is 10.1 Å². The van der Waals surface area contributed by atoms with E-state index in [1.807, 2.05) is 38.4 Å². The maximum atomic E-state index is 11.7. The van der Waals surface area contributed by atoms with Crippen molar-refractivity contribution in [3.05, 3.63) is 23.5 Å². The lowest BCUT2D eigenvalue weighted by Crippen LogP contribution is -2.65. The summed E-state index contributed by atoms with van der Waals surface area (Å²) in [4.78, 5) is 20.3. The van der Waals surface area contributed by atoms with Gasteiger partial charge in [-0.05, 0) is 47.1 Å². The number of aromatic nitrogens is 3. The molecule has 1 unspecified atom stereocenters. The molecule has 2 aliphatic heterocycles. The zero-order valence-electron chi connectivity index (χ0n) is 17.1. The van der Waals surface area contributed by atoms with Gasteiger partial charge in [-0.2, -0.15) is 5.10 Å². The topological polar surface area (TPSA) is 86.0 Å². The van der Waals surface area contributed by atoms with Gasteiger partial charge in [0.05, 0.1) is 17.8 Å².